The van der Waals surface area contributed by atoms with E-state index >= 15 is 0 Å². The molecular weight excluding hydrogens is 1470 g/mol. The fourth-order valence-corrected chi connectivity index (χ4v) is 14.9. The summed E-state index contributed by atoms with van der Waals surface area (Å²) in [6, 6.07) is 53.8. The van der Waals surface area contributed by atoms with Gasteiger partial charge in [0.25, 0.3) is 47.3 Å². The van der Waals surface area contributed by atoms with Crippen LogP contribution in [0.3, 0.4) is 0 Å². The Morgan fingerprint density at radius 1 is 0.241 bits per heavy atom. The molecule has 0 radical (unpaired) electrons. The van der Waals surface area contributed by atoms with Crippen molar-refractivity contribution in [1.29, 1.82) is 0 Å². The third kappa shape index (κ3) is 20.7. The highest BCUT2D eigenvalue weighted by atomic mass is 16.2. The van der Waals surface area contributed by atoms with Gasteiger partial charge in [-0.25, -0.2) is 21.7 Å². The van der Waals surface area contributed by atoms with Crippen LogP contribution in [-0.2, 0) is 64.0 Å². The summed E-state index contributed by atoms with van der Waals surface area (Å²) in [4.78, 5) is 176. The van der Waals surface area contributed by atoms with Crippen LogP contribution in [0.25, 0.3) is 0 Å². The number of carbonyl (C=O) groups excluding carboxylic acids is 12. The lowest BCUT2D eigenvalue weighted by molar-refractivity contribution is -0.131. The van der Waals surface area contributed by atoms with Gasteiger partial charge in [0.1, 0.15) is 48.3 Å². The molecule has 8 N–H and O–H groups in total. The molecule has 0 spiro atoms. The standard InChI is InChI=1S/C88H88N16O12/c105-77-69(49-57-17-5-1-6-18-57)93-81(109)73-25-13-45-101(73)85(113)65-39-31-62(32-40-65)54-90-98-78(106)70(50-58-19-7-2-8-20-58)95-83(111)75-27-15-47-103(75)87(115)67-43-35-64(36-44-67)56-92-100-80(108)72(52-60-23-11-4-12-24-60)96-84(112)76-28-16-48-104(76)88(116)68-41-33-63(34-42-68)55-91-99-79(107)71(51-59-21-9-3-10-22-59)94-82(110)74-26-14-46-102(74)86(114)66-37-29-61(30-38-66)53-89-97-77/h1-12,17-24,29-44,53-56,69-76H,13-16,25-28,45-52H2,(H,93,109)(H,94,110)(H,95,111)(H,96,112)(H,97,105)(H,98,106)(H,99,107)(H,100,108)/t69-,70-,71-,72-,73-,74-,75-,76-/m0/s1. The molecule has 116 heavy (non-hydrogen) atoms. The third-order valence-corrected chi connectivity index (χ3v) is 21.1. The Kier molecular flexibility index (Phi) is 26.6. The Bertz CT molecular complexity index is 4390. The van der Waals surface area contributed by atoms with Gasteiger partial charge in [-0.2, -0.15) is 20.4 Å². The lowest BCUT2D eigenvalue weighted by Gasteiger charge is -2.26. The first-order valence-corrected chi connectivity index (χ1v) is 38.8. The Hall–Kier alpha value is -13.9. The molecule has 0 unspecified atom stereocenters. The highest BCUT2D eigenvalue weighted by Crippen LogP contribution is 2.27. The number of hydrogen-bond acceptors (Lipinski definition) is 16. The molecule has 8 bridgehead atoms. The quantitative estimate of drug-likeness (QED) is 0.0878. The van der Waals surface area contributed by atoms with Gasteiger partial charge < -0.3 is 40.9 Å². The van der Waals surface area contributed by atoms with Crippen LogP contribution in [0.4, 0.5) is 0 Å². The van der Waals surface area contributed by atoms with Crippen LogP contribution >= 0.6 is 0 Å². The minimum absolute atomic E-state index is 0.0902. The number of amides is 12. The molecular formula is C88H88N16O12. The average molecular weight is 1560 g/mol. The van der Waals surface area contributed by atoms with Gasteiger partial charge >= 0.3 is 0 Å². The highest BCUT2D eigenvalue weighted by Gasteiger charge is 2.41. The first-order valence-electron chi connectivity index (χ1n) is 38.8. The Balaban J connectivity index is 0.723. The molecule has 11 heterocycles. The molecule has 4 fully saturated rings. The molecule has 0 aliphatic carbocycles. The highest BCUT2D eigenvalue weighted by molar-refractivity contribution is 6.03. The summed E-state index contributed by atoms with van der Waals surface area (Å²) >= 11 is 0. The summed E-state index contributed by atoms with van der Waals surface area (Å²) < 4.78 is 0. The molecule has 28 heteroatoms. The van der Waals surface area contributed by atoms with Crippen molar-refractivity contribution in [1.82, 2.24) is 62.6 Å². The largest absolute Gasteiger partial charge is 0.342 e. The van der Waals surface area contributed by atoms with E-state index in [1.54, 1.807) is 97.1 Å². The summed E-state index contributed by atoms with van der Waals surface area (Å²) in [5, 5.41) is 28.4. The average Bonchev–Trinajstić information content (AvgIpc) is 1.64. The second-order valence-corrected chi connectivity index (χ2v) is 29.1. The van der Waals surface area contributed by atoms with Crippen LogP contribution in [0.2, 0.25) is 0 Å². The summed E-state index contributed by atoms with van der Waals surface area (Å²) in [7, 11) is 0. The molecule has 12 amide bonds. The smallest absolute Gasteiger partial charge is 0.262 e. The van der Waals surface area contributed by atoms with E-state index in [4.69, 9.17) is 0 Å². The third-order valence-electron chi connectivity index (χ3n) is 21.1. The Morgan fingerprint density at radius 2 is 0.431 bits per heavy atom. The van der Waals surface area contributed by atoms with Gasteiger partial charge in [0.05, 0.1) is 24.9 Å². The molecule has 11 aliphatic rings. The van der Waals surface area contributed by atoms with Crippen molar-refractivity contribution >= 4 is 95.7 Å². The number of rotatable bonds is 8. The second-order valence-electron chi connectivity index (χ2n) is 29.1. The number of nitrogens with zero attached hydrogens (tertiary/aromatic N) is 8. The van der Waals surface area contributed by atoms with E-state index in [0.29, 0.717) is 73.6 Å². The van der Waals surface area contributed by atoms with E-state index in [1.807, 2.05) is 121 Å². The maximum Gasteiger partial charge on any atom is 0.262 e. The zero-order chi connectivity index (χ0) is 80.9. The van der Waals surface area contributed by atoms with E-state index < -0.39 is 119 Å². The fraction of sp³-hybridized carbons (Fsp3) is 0.273. The summed E-state index contributed by atoms with van der Waals surface area (Å²) in [6.07, 6.45) is 9.29. The molecule has 8 atom stereocenters. The van der Waals surface area contributed by atoms with Gasteiger partial charge in [0.15, 0.2) is 0 Å². The molecule has 11 aliphatic heterocycles. The van der Waals surface area contributed by atoms with Gasteiger partial charge in [0.2, 0.25) is 23.6 Å². The van der Waals surface area contributed by atoms with Gasteiger partial charge in [0, 0.05) is 74.1 Å². The van der Waals surface area contributed by atoms with Gasteiger partial charge in [-0.1, -0.05) is 170 Å². The Morgan fingerprint density at radius 3 is 0.621 bits per heavy atom. The van der Waals surface area contributed by atoms with Crippen LogP contribution in [0.1, 0.15) is 137 Å². The first kappa shape index (κ1) is 80.1. The maximum atomic E-state index is 14.3. The van der Waals surface area contributed by atoms with Crippen molar-refractivity contribution < 1.29 is 57.5 Å². The Labute approximate surface area is 669 Å². The number of benzene rings is 8. The van der Waals surface area contributed by atoms with Crippen molar-refractivity contribution in [2.24, 2.45) is 20.4 Å². The van der Waals surface area contributed by atoms with E-state index in [9.17, 15) is 57.5 Å². The summed E-state index contributed by atoms with van der Waals surface area (Å²) in [5.74, 6) is -6.35. The van der Waals surface area contributed by atoms with E-state index in [1.165, 1.54) is 44.5 Å². The van der Waals surface area contributed by atoms with Crippen LogP contribution in [0.5, 0.6) is 0 Å². The van der Waals surface area contributed by atoms with Crippen molar-refractivity contribution in [2.45, 2.75) is 125 Å². The van der Waals surface area contributed by atoms with E-state index in [2.05, 4.69) is 63.4 Å². The first-order chi connectivity index (χ1) is 56.5. The monoisotopic (exact) mass is 1560 g/mol. The zero-order valence-corrected chi connectivity index (χ0v) is 63.5. The molecule has 28 nitrogen and oxygen atoms in total. The minimum atomic E-state index is -1.12. The van der Waals surface area contributed by atoms with Crippen molar-refractivity contribution in [3.8, 4) is 0 Å². The van der Waals surface area contributed by atoms with E-state index in [-0.39, 0.29) is 74.1 Å². The van der Waals surface area contributed by atoms with Crippen molar-refractivity contribution in [3.63, 3.8) is 0 Å². The van der Waals surface area contributed by atoms with Gasteiger partial charge in [-0.05, 0) is 144 Å². The van der Waals surface area contributed by atoms with E-state index in [0.717, 1.165) is 22.3 Å². The van der Waals surface area contributed by atoms with Crippen LogP contribution in [-0.4, -0.2) is 190 Å². The van der Waals surface area contributed by atoms with Crippen LogP contribution in [0.15, 0.2) is 239 Å². The number of hydrogen-bond donors (Lipinski definition) is 8. The molecule has 0 saturated carbocycles. The molecule has 592 valence electrons. The number of nitrogens with one attached hydrogen (secondary N) is 8. The normalized spacial score (nSPS) is 22.1. The maximum absolute atomic E-state index is 14.3. The number of hydrazone groups is 4. The summed E-state index contributed by atoms with van der Waals surface area (Å²) in [5.41, 5.74) is 16.3. The summed E-state index contributed by atoms with van der Waals surface area (Å²) in [6.45, 7) is 1.08. The molecule has 8 aromatic carbocycles. The van der Waals surface area contributed by atoms with Crippen LogP contribution in [0, 0.1) is 0 Å². The molecule has 8 aromatic rings. The number of carbonyl (C=O) groups is 12. The van der Waals surface area contributed by atoms with Crippen LogP contribution < -0.4 is 43.0 Å². The zero-order valence-electron chi connectivity index (χ0n) is 63.5. The fourth-order valence-electron chi connectivity index (χ4n) is 14.9. The molecule has 0 aromatic heterocycles. The SMILES string of the molecule is O=C1NN=Cc2ccc(cc2)C(=O)N2CCC[C@H]2C(=O)N[C@@H](Cc2ccccc2)C(=O)NN=Cc2ccc(cc2)C(=O)N2CCC[C@H]2C(=O)N[C@@H](Cc2ccccc2)C(=O)NN=Cc2ccc(cc2)C(=O)N2CCC[C@H]2C(=O)N[C@@H](Cc2ccccc2)C(=O)NN=Cc2ccc(cc2)C(=O)N2CCC[C@H]2C(=O)N[C@H]1Cc1ccccc1. The second kappa shape index (κ2) is 38.5. The lowest BCUT2D eigenvalue weighted by atomic mass is 10.0. The molecule has 4 saturated heterocycles. The predicted molar refractivity (Wildman–Crippen MR) is 433 cm³/mol. The predicted octanol–water partition coefficient (Wildman–Crippen LogP) is 5.93. The molecule has 19 rings (SSSR count). The van der Waals surface area contributed by atoms with Crippen molar-refractivity contribution in [3.05, 3.63) is 285 Å². The van der Waals surface area contributed by atoms with Gasteiger partial charge in [-0.3, -0.25) is 57.5 Å². The topological polar surface area (TPSA) is 363 Å². The minimum Gasteiger partial charge on any atom is -0.342 e. The van der Waals surface area contributed by atoms with Crippen molar-refractivity contribution in [2.75, 3.05) is 26.2 Å². The van der Waals surface area contributed by atoms with Gasteiger partial charge in [-0.15, -0.1) is 0 Å². The lowest BCUT2D eigenvalue weighted by Crippen LogP contribution is -2.53.